The maximum Gasteiger partial charge on any atom is 0.126 e. The molecule has 2 aromatic rings. The molecule has 0 saturated heterocycles. The van der Waals surface area contributed by atoms with Crippen LogP contribution >= 0.6 is 11.6 Å². The number of rotatable bonds is 4. The zero-order chi connectivity index (χ0) is 13.0. The Labute approximate surface area is 110 Å². The number of aliphatic hydroxyl groups is 1. The fraction of sp³-hybridized carbons (Fsp3) is 0.143. The van der Waals surface area contributed by atoms with Gasteiger partial charge in [-0.25, -0.2) is 4.39 Å². The fourth-order valence-corrected chi connectivity index (χ4v) is 1.64. The van der Waals surface area contributed by atoms with Crippen LogP contribution in [-0.4, -0.2) is 11.7 Å². The summed E-state index contributed by atoms with van der Waals surface area (Å²) in [6.07, 6.45) is -0.773. The van der Waals surface area contributed by atoms with E-state index in [1.54, 1.807) is 36.4 Å². The Balaban J connectivity index is 1.96. The summed E-state index contributed by atoms with van der Waals surface area (Å²) in [5.74, 6) is 0.0245. The Bertz CT molecular complexity index is 513. The minimum atomic E-state index is -0.773. The predicted molar refractivity (Wildman–Crippen MR) is 68.3 cm³/mol. The lowest BCUT2D eigenvalue weighted by molar-refractivity contribution is 0.108. The summed E-state index contributed by atoms with van der Waals surface area (Å²) in [6, 6.07) is 12.6. The van der Waals surface area contributed by atoms with Crippen LogP contribution in [0.2, 0.25) is 5.02 Å². The summed E-state index contributed by atoms with van der Waals surface area (Å²) < 4.78 is 18.2. The Morgan fingerprint density at radius 3 is 2.56 bits per heavy atom. The van der Waals surface area contributed by atoms with E-state index >= 15 is 0 Å². The average molecular weight is 267 g/mol. The van der Waals surface area contributed by atoms with Crippen LogP contribution in [0.3, 0.4) is 0 Å². The van der Waals surface area contributed by atoms with Crippen LogP contribution in [0.1, 0.15) is 11.7 Å². The highest BCUT2D eigenvalue weighted by atomic mass is 35.5. The largest absolute Gasteiger partial charge is 0.490 e. The SMILES string of the molecule is OC(COc1cccc(F)c1)c1ccc(Cl)cc1. The van der Waals surface area contributed by atoms with Crippen molar-refractivity contribution >= 4 is 11.6 Å². The number of aliphatic hydroxyl groups excluding tert-OH is 1. The molecule has 0 bridgehead atoms. The molecule has 2 nitrogen and oxygen atoms in total. The average Bonchev–Trinajstić information content (AvgIpc) is 2.37. The Morgan fingerprint density at radius 2 is 1.89 bits per heavy atom. The van der Waals surface area contributed by atoms with Crippen molar-refractivity contribution in [3.8, 4) is 5.75 Å². The van der Waals surface area contributed by atoms with Crippen molar-refractivity contribution in [2.45, 2.75) is 6.10 Å². The maximum atomic E-state index is 12.9. The van der Waals surface area contributed by atoms with Gasteiger partial charge in [-0.3, -0.25) is 0 Å². The van der Waals surface area contributed by atoms with Crippen molar-refractivity contribution in [1.29, 1.82) is 0 Å². The molecule has 4 heteroatoms. The molecule has 1 atom stereocenters. The Kier molecular flexibility index (Phi) is 4.18. The van der Waals surface area contributed by atoms with Crippen LogP contribution in [0.15, 0.2) is 48.5 Å². The number of halogens is 2. The second-order valence-corrected chi connectivity index (χ2v) is 4.27. The highest BCUT2D eigenvalue weighted by Gasteiger charge is 2.08. The van der Waals surface area contributed by atoms with Crippen LogP contribution in [0.4, 0.5) is 4.39 Å². The van der Waals surface area contributed by atoms with Gasteiger partial charge < -0.3 is 9.84 Å². The van der Waals surface area contributed by atoms with E-state index in [1.807, 2.05) is 0 Å². The van der Waals surface area contributed by atoms with Gasteiger partial charge in [0, 0.05) is 11.1 Å². The molecule has 2 rings (SSSR count). The van der Waals surface area contributed by atoms with Crippen LogP contribution < -0.4 is 4.74 Å². The van der Waals surface area contributed by atoms with E-state index in [0.29, 0.717) is 16.3 Å². The van der Waals surface area contributed by atoms with Crippen molar-refractivity contribution in [3.63, 3.8) is 0 Å². The molecular formula is C14H12ClFO2. The van der Waals surface area contributed by atoms with E-state index in [1.165, 1.54) is 12.1 Å². The zero-order valence-corrected chi connectivity index (χ0v) is 10.3. The van der Waals surface area contributed by atoms with Gasteiger partial charge in [0.25, 0.3) is 0 Å². The van der Waals surface area contributed by atoms with Gasteiger partial charge in [-0.05, 0) is 29.8 Å². The molecule has 1 N–H and O–H groups in total. The van der Waals surface area contributed by atoms with E-state index < -0.39 is 6.10 Å². The topological polar surface area (TPSA) is 29.5 Å². The van der Waals surface area contributed by atoms with E-state index in [9.17, 15) is 9.50 Å². The van der Waals surface area contributed by atoms with Crippen molar-refractivity contribution < 1.29 is 14.2 Å². The molecule has 0 aromatic heterocycles. The van der Waals surface area contributed by atoms with Crippen molar-refractivity contribution in [1.82, 2.24) is 0 Å². The molecule has 0 aliphatic carbocycles. The minimum absolute atomic E-state index is 0.0606. The standard InChI is InChI=1S/C14H12ClFO2/c15-11-6-4-10(5-7-11)14(17)9-18-13-3-1-2-12(16)8-13/h1-8,14,17H,9H2. The number of hydrogen-bond donors (Lipinski definition) is 1. The summed E-state index contributed by atoms with van der Waals surface area (Å²) in [7, 11) is 0. The van der Waals surface area contributed by atoms with E-state index in [4.69, 9.17) is 16.3 Å². The zero-order valence-electron chi connectivity index (χ0n) is 9.51. The smallest absolute Gasteiger partial charge is 0.126 e. The molecule has 0 radical (unpaired) electrons. The van der Waals surface area contributed by atoms with Crippen LogP contribution in [0, 0.1) is 5.82 Å². The third-order valence-corrected chi connectivity index (χ3v) is 2.71. The maximum absolute atomic E-state index is 12.9. The molecular weight excluding hydrogens is 255 g/mol. The molecule has 0 spiro atoms. The molecule has 18 heavy (non-hydrogen) atoms. The minimum Gasteiger partial charge on any atom is -0.490 e. The van der Waals surface area contributed by atoms with Gasteiger partial charge in [0.1, 0.15) is 24.3 Å². The first-order valence-electron chi connectivity index (χ1n) is 5.47. The lowest BCUT2D eigenvalue weighted by Gasteiger charge is -2.12. The number of hydrogen-bond acceptors (Lipinski definition) is 2. The second kappa shape index (κ2) is 5.85. The third kappa shape index (κ3) is 3.45. The van der Waals surface area contributed by atoms with E-state index in [-0.39, 0.29) is 12.4 Å². The van der Waals surface area contributed by atoms with Crippen LogP contribution in [-0.2, 0) is 0 Å². The van der Waals surface area contributed by atoms with Crippen molar-refractivity contribution in [2.24, 2.45) is 0 Å². The van der Waals surface area contributed by atoms with Gasteiger partial charge >= 0.3 is 0 Å². The van der Waals surface area contributed by atoms with Crippen molar-refractivity contribution in [2.75, 3.05) is 6.61 Å². The van der Waals surface area contributed by atoms with Gasteiger partial charge in [0.2, 0.25) is 0 Å². The lowest BCUT2D eigenvalue weighted by Crippen LogP contribution is -2.09. The molecule has 2 aromatic carbocycles. The van der Waals surface area contributed by atoms with Crippen LogP contribution in [0.5, 0.6) is 5.75 Å². The molecule has 94 valence electrons. The molecule has 0 saturated carbocycles. The highest BCUT2D eigenvalue weighted by molar-refractivity contribution is 6.30. The first-order valence-corrected chi connectivity index (χ1v) is 5.85. The van der Waals surface area contributed by atoms with Crippen molar-refractivity contribution in [3.05, 3.63) is 64.9 Å². The summed E-state index contributed by atoms with van der Waals surface area (Å²) in [5.41, 5.74) is 0.704. The Morgan fingerprint density at radius 1 is 1.17 bits per heavy atom. The van der Waals surface area contributed by atoms with Gasteiger partial charge in [0.05, 0.1) is 0 Å². The van der Waals surface area contributed by atoms with Gasteiger partial charge in [-0.2, -0.15) is 0 Å². The summed E-state index contributed by atoms with van der Waals surface area (Å²) in [4.78, 5) is 0. The quantitative estimate of drug-likeness (QED) is 0.916. The first kappa shape index (κ1) is 12.9. The van der Waals surface area contributed by atoms with Gasteiger partial charge in [-0.15, -0.1) is 0 Å². The predicted octanol–water partition coefficient (Wildman–Crippen LogP) is 3.59. The number of benzene rings is 2. The molecule has 1 unspecified atom stereocenters. The molecule has 0 aliphatic rings. The van der Waals surface area contributed by atoms with Crippen LogP contribution in [0.25, 0.3) is 0 Å². The second-order valence-electron chi connectivity index (χ2n) is 3.84. The third-order valence-electron chi connectivity index (χ3n) is 2.46. The molecule has 0 aliphatic heterocycles. The Hall–Kier alpha value is -1.58. The monoisotopic (exact) mass is 266 g/mol. The van der Waals surface area contributed by atoms with Gasteiger partial charge in [0.15, 0.2) is 0 Å². The molecule has 0 amide bonds. The van der Waals surface area contributed by atoms with E-state index in [2.05, 4.69) is 0 Å². The number of ether oxygens (including phenoxy) is 1. The fourth-order valence-electron chi connectivity index (χ4n) is 1.51. The summed E-state index contributed by atoms with van der Waals surface area (Å²) in [5, 5.41) is 10.5. The summed E-state index contributed by atoms with van der Waals surface area (Å²) in [6.45, 7) is 0.0606. The highest BCUT2D eigenvalue weighted by Crippen LogP contribution is 2.19. The lowest BCUT2D eigenvalue weighted by atomic mass is 10.1. The van der Waals surface area contributed by atoms with Gasteiger partial charge in [-0.1, -0.05) is 29.8 Å². The summed E-state index contributed by atoms with van der Waals surface area (Å²) >= 11 is 5.75. The molecule has 0 heterocycles. The van der Waals surface area contributed by atoms with E-state index in [0.717, 1.165) is 0 Å². The normalized spacial score (nSPS) is 12.2. The molecule has 0 fully saturated rings. The first-order chi connectivity index (χ1) is 8.65.